The lowest BCUT2D eigenvalue weighted by Gasteiger charge is -2.14. The molecule has 0 radical (unpaired) electrons. The van der Waals surface area contributed by atoms with Gasteiger partial charge in [-0.25, -0.2) is 4.98 Å². The molecule has 2 aromatic rings. The van der Waals surface area contributed by atoms with Crippen LogP contribution in [0.15, 0.2) is 36.9 Å². The van der Waals surface area contributed by atoms with Crippen molar-refractivity contribution in [1.29, 1.82) is 0 Å². The molecule has 1 unspecified atom stereocenters. The van der Waals surface area contributed by atoms with E-state index in [-0.39, 0.29) is 18.4 Å². The number of hydrogen-bond acceptors (Lipinski definition) is 4. The van der Waals surface area contributed by atoms with Crippen molar-refractivity contribution >= 4 is 11.9 Å². The van der Waals surface area contributed by atoms with Gasteiger partial charge in [-0.1, -0.05) is 18.6 Å². The summed E-state index contributed by atoms with van der Waals surface area (Å²) in [6.07, 6.45) is 5.07. The van der Waals surface area contributed by atoms with E-state index in [4.69, 9.17) is 0 Å². The number of aryl methyl sites for hydroxylation is 1. The van der Waals surface area contributed by atoms with Crippen LogP contribution in [0.3, 0.4) is 0 Å². The summed E-state index contributed by atoms with van der Waals surface area (Å²) < 4.78 is 6.43. The van der Waals surface area contributed by atoms with Crippen LogP contribution in [0.1, 0.15) is 22.8 Å². The molecule has 1 aromatic heterocycles. The second kappa shape index (κ2) is 6.89. The summed E-state index contributed by atoms with van der Waals surface area (Å²) in [5.74, 6) is -0.974. The third kappa shape index (κ3) is 3.52. The minimum absolute atomic E-state index is 0.225. The molecule has 0 aliphatic rings. The number of hydrogen-bond donors (Lipinski definition) is 1. The lowest BCUT2D eigenvalue weighted by atomic mass is 10.1. The third-order valence-electron chi connectivity index (χ3n) is 3.35. The van der Waals surface area contributed by atoms with Crippen LogP contribution in [0.4, 0.5) is 0 Å². The maximum Gasteiger partial charge on any atom is 0.310 e. The summed E-state index contributed by atoms with van der Waals surface area (Å²) in [4.78, 5) is 27.8. The van der Waals surface area contributed by atoms with Gasteiger partial charge in [0.2, 0.25) is 0 Å². The smallest absolute Gasteiger partial charge is 0.310 e. The highest BCUT2D eigenvalue weighted by atomic mass is 16.5. The highest BCUT2D eigenvalue weighted by molar-refractivity contribution is 5.98. The summed E-state index contributed by atoms with van der Waals surface area (Å²) in [5, 5.41) is 2.77. The van der Waals surface area contributed by atoms with E-state index >= 15 is 0 Å². The molecule has 0 saturated carbocycles. The number of nitrogens with one attached hydrogen (secondary N) is 1. The van der Waals surface area contributed by atoms with Gasteiger partial charge in [-0.3, -0.25) is 9.59 Å². The second-order valence-electron chi connectivity index (χ2n) is 5.12. The summed E-state index contributed by atoms with van der Waals surface area (Å²) in [6, 6.07) is 5.62. The summed E-state index contributed by atoms with van der Waals surface area (Å²) >= 11 is 0. The Morgan fingerprint density at radius 2 is 2.18 bits per heavy atom. The Balaban J connectivity index is 2.19. The maximum absolute atomic E-state index is 12.4. The highest BCUT2D eigenvalue weighted by Gasteiger charge is 2.17. The molecule has 6 nitrogen and oxygen atoms in total. The van der Waals surface area contributed by atoms with Crippen LogP contribution >= 0.6 is 0 Å². The van der Waals surface area contributed by atoms with Gasteiger partial charge in [0, 0.05) is 18.9 Å². The summed E-state index contributed by atoms with van der Waals surface area (Å²) in [7, 11) is 1.33. The molecule has 22 heavy (non-hydrogen) atoms. The number of amides is 1. The van der Waals surface area contributed by atoms with Crippen LogP contribution in [0, 0.1) is 12.8 Å². The molecular weight excluding hydrogens is 282 g/mol. The van der Waals surface area contributed by atoms with E-state index in [9.17, 15) is 9.59 Å². The SMILES string of the molecule is COC(=O)C(C)CNC(=O)c1cc(C)ccc1-n1ccnc1. The Bertz CT molecular complexity index is 665. The first-order valence-electron chi connectivity index (χ1n) is 6.98. The Hall–Kier alpha value is -2.63. The number of carbonyl (C=O) groups is 2. The third-order valence-corrected chi connectivity index (χ3v) is 3.35. The molecule has 0 aliphatic carbocycles. The topological polar surface area (TPSA) is 73.2 Å². The van der Waals surface area contributed by atoms with E-state index in [2.05, 4.69) is 15.0 Å². The fourth-order valence-corrected chi connectivity index (χ4v) is 2.08. The van der Waals surface area contributed by atoms with Gasteiger partial charge in [0.25, 0.3) is 5.91 Å². The number of nitrogens with zero attached hydrogens (tertiary/aromatic N) is 2. The average molecular weight is 301 g/mol. The Kier molecular flexibility index (Phi) is 4.93. The van der Waals surface area contributed by atoms with Crippen molar-refractivity contribution in [1.82, 2.24) is 14.9 Å². The van der Waals surface area contributed by atoms with E-state index in [0.29, 0.717) is 5.56 Å². The lowest BCUT2D eigenvalue weighted by molar-refractivity contribution is -0.144. The lowest BCUT2D eigenvalue weighted by Crippen LogP contribution is -2.32. The molecule has 2 rings (SSSR count). The molecule has 0 saturated heterocycles. The number of rotatable bonds is 5. The minimum atomic E-state index is -0.393. The summed E-state index contributed by atoms with van der Waals surface area (Å²) in [6.45, 7) is 3.85. The van der Waals surface area contributed by atoms with Gasteiger partial charge in [-0.2, -0.15) is 0 Å². The molecule has 1 atom stereocenters. The Morgan fingerprint density at radius 1 is 1.41 bits per heavy atom. The molecule has 0 fully saturated rings. The van der Waals surface area contributed by atoms with Crippen LogP contribution < -0.4 is 5.32 Å². The standard InChI is InChI=1S/C16H19N3O3/c1-11-4-5-14(19-7-6-17-10-19)13(8-11)15(20)18-9-12(2)16(21)22-3/h4-8,10,12H,9H2,1-3H3,(H,18,20). The first-order valence-corrected chi connectivity index (χ1v) is 6.98. The number of aromatic nitrogens is 2. The molecule has 0 aliphatic heterocycles. The zero-order valence-corrected chi connectivity index (χ0v) is 12.9. The van der Waals surface area contributed by atoms with E-state index in [1.807, 2.05) is 25.1 Å². The molecular formula is C16H19N3O3. The molecule has 6 heteroatoms. The van der Waals surface area contributed by atoms with Gasteiger partial charge < -0.3 is 14.6 Å². The van der Waals surface area contributed by atoms with Crippen LogP contribution in [0.5, 0.6) is 0 Å². The highest BCUT2D eigenvalue weighted by Crippen LogP contribution is 2.16. The molecule has 0 spiro atoms. The van der Waals surface area contributed by atoms with Gasteiger partial charge in [-0.05, 0) is 19.1 Å². The minimum Gasteiger partial charge on any atom is -0.469 e. The number of methoxy groups -OCH3 is 1. The first-order chi connectivity index (χ1) is 10.5. The van der Waals surface area contributed by atoms with E-state index in [0.717, 1.165) is 11.3 Å². The number of esters is 1. The molecule has 1 amide bonds. The van der Waals surface area contributed by atoms with Crippen LogP contribution in [0.25, 0.3) is 5.69 Å². The first kappa shape index (κ1) is 15.8. The van der Waals surface area contributed by atoms with Crippen LogP contribution in [-0.2, 0) is 9.53 Å². The largest absolute Gasteiger partial charge is 0.469 e. The Morgan fingerprint density at radius 3 is 2.82 bits per heavy atom. The second-order valence-corrected chi connectivity index (χ2v) is 5.12. The summed E-state index contributed by atoms with van der Waals surface area (Å²) in [5.41, 5.74) is 2.26. The quantitative estimate of drug-likeness (QED) is 0.853. The van der Waals surface area contributed by atoms with Crippen LogP contribution in [0.2, 0.25) is 0 Å². The van der Waals surface area contributed by atoms with E-state index in [1.165, 1.54) is 7.11 Å². The van der Waals surface area contributed by atoms with E-state index in [1.54, 1.807) is 30.2 Å². The Labute approximate surface area is 129 Å². The number of ether oxygens (including phenoxy) is 1. The fourth-order valence-electron chi connectivity index (χ4n) is 2.08. The number of carbonyl (C=O) groups excluding carboxylic acids is 2. The van der Waals surface area contributed by atoms with Crippen molar-refractivity contribution < 1.29 is 14.3 Å². The zero-order chi connectivity index (χ0) is 16.1. The molecule has 1 heterocycles. The van der Waals surface area contributed by atoms with Crippen molar-refractivity contribution in [2.45, 2.75) is 13.8 Å². The van der Waals surface area contributed by atoms with Gasteiger partial charge in [0.1, 0.15) is 0 Å². The zero-order valence-electron chi connectivity index (χ0n) is 12.9. The molecule has 0 bridgehead atoms. The van der Waals surface area contributed by atoms with Crippen molar-refractivity contribution in [3.8, 4) is 5.69 Å². The van der Waals surface area contributed by atoms with Crippen LogP contribution in [-0.4, -0.2) is 35.1 Å². The molecule has 116 valence electrons. The van der Waals surface area contributed by atoms with Crippen molar-refractivity contribution in [2.24, 2.45) is 5.92 Å². The van der Waals surface area contributed by atoms with Gasteiger partial charge >= 0.3 is 5.97 Å². The monoisotopic (exact) mass is 301 g/mol. The van der Waals surface area contributed by atoms with Gasteiger partial charge in [0.05, 0.1) is 30.6 Å². The number of imidazole rings is 1. The van der Waals surface area contributed by atoms with Crippen molar-refractivity contribution in [3.63, 3.8) is 0 Å². The van der Waals surface area contributed by atoms with Crippen molar-refractivity contribution in [2.75, 3.05) is 13.7 Å². The predicted octanol–water partition coefficient (Wildman–Crippen LogP) is 1.72. The van der Waals surface area contributed by atoms with Crippen molar-refractivity contribution in [3.05, 3.63) is 48.0 Å². The number of benzene rings is 1. The van der Waals surface area contributed by atoms with Gasteiger partial charge in [-0.15, -0.1) is 0 Å². The predicted molar refractivity (Wildman–Crippen MR) is 81.8 cm³/mol. The van der Waals surface area contributed by atoms with E-state index < -0.39 is 5.92 Å². The fraction of sp³-hybridized carbons (Fsp3) is 0.312. The molecule has 1 aromatic carbocycles. The average Bonchev–Trinajstić information content (AvgIpc) is 3.05. The normalized spacial score (nSPS) is 11.8. The maximum atomic E-state index is 12.4. The molecule has 1 N–H and O–H groups in total. The van der Waals surface area contributed by atoms with Gasteiger partial charge in [0.15, 0.2) is 0 Å².